The Hall–Kier alpha value is -1.86. The van der Waals surface area contributed by atoms with Gasteiger partial charge in [0.2, 0.25) is 0 Å². The van der Waals surface area contributed by atoms with E-state index in [0.29, 0.717) is 0 Å². The van der Waals surface area contributed by atoms with Gasteiger partial charge in [-0.25, -0.2) is 0 Å². The van der Waals surface area contributed by atoms with Crippen molar-refractivity contribution >= 4 is 17.3 Å². The van der Waals surface area contributed by atoms with Gasteiger partial charge < -0.3 is 10.6 Å². The number of nitrogens with zero attached hydrogens (tertiary/aromatic N) is 4. The van der Waals surface area contributed by atoms with Gasteiger partial charge >= 0.3 is 0 Å². The zero-order valence-electron chi connectivity index (χ0n) is 15.1. The lowest BCUT2D eigenvalue weighted by atomic mass is 9.97. The largest absolute Gasteiger partial charge is 0.356 e. The first kappa shape index (κ1) is 17.9. The summed E-state index contributed by atoms with van der Waals surface area (Å²) >= 11 is 1.86. The number of hydrogen-bond acceptors (Lipinski definition) is 4. The second kappa shape index (κ2) is 9.01. The van der Waals surface area contributed by atoms with Crippen LogP contribution >= 0.6 is 11.3 Å². The number of piperidine rings is 1. The van der Waals surface area contributed by atoms with Crippen LogP contribution in [0.4, 0.5) is 0 Å². The van der Waals surface area contributed by atoms with Crippen LogP contribution in [-0.2, 0) is 20.1 Å². The molecule has 2 aromatic rings. The van der Waals surface area contributed by atoms with E-state index < -0.39 is 0 Å². The number of nitrogens with one attached hydrogen (secondary N) is 2. The molecule has 1 aliphatic heterocycles. The number of likely N-dealkylation sites (tertiary alicyclic amines) is 1. The van der Waals surface area contributed by atoms with Crippen LogP contribution in [0.2, 0.25) is 0 Å². The predicted octanol–water partition coefficient (Wildman–Crippen LogP) is 2.06. The highest BCUT2D eigenvalue weighted by Crippen LogP contribution is 2.20. The lowest BCUT2D eigenvalue weighted by Gasteiger charge is -2.32. The first-order valence-corrected chi connectivity index (χ1v) is 9.78. The Balaban J connectivity index is 1.36. The molecule has 1 aliphatic rings. The highest BCUT2D eigenvalue weighted by molar-refractivity contribution is 7.09. The molecule has 7 heteroatoms. The SMILES string of the molecule is CN=C(NCc1ccnn1C)NCC1CCN(Cc2cccs2)CC1. The molecule has 0 aromatic carbocycles. The van der Waals surface area contributed by atoms with E-state index in [-0.39, 0.29) is 0 Å². The van der Waals surface area contributed by atoms with Crippen molar-refractivity contribution in [1.82, 2.24) is 25.3 Å². The van der Waals surface area contributed by atoms with E-state index in [1.54, 1.807) is 0 Å². The Morgan fingerprint density at radius 1 is 1.32 bits per heavy atom. The maximum atomic E-state index is 4.32. The van der Waals surface area contributed by atoms with E-state index in [1.165, 1.54) is 30.8 Å². The predicted molar refractivity (Wildman–Crippen MR) is 104 cm³/mol. The molecule has 0 spiro atoms. The van der Waals surface area contributed by atoms with Crippen LogP contribution in [0.3, 0.4) is 0 Å². The monoisotopic (exact) mass is 360 g/mol. The average molecular weight is 361 g/mol. The van der Waals surface area contributed by atoms with E-state index in [2.05, 4.69) is 43.1 Å². The number of rotatable bonds is 6. The van der Waals surface area contributed by atoms with Gasteiger partial charge in [0.05, 0.1) is 12.2 Å². The Morgan fingerprint density at radius 2 is 2.16 bits per heavy atom. The quantitative estimate of drug-likeness (QED) is 0.612. The fraction of sp³-hybridized carbons (Fsp3) is 0.556. The summed E-state index contributed by atoms with van der Waals surface area (Å²) in [6.45, 7) is 5.19. The second-order valence-electron chi connectivity index (χ2n) is 6.55. The van der Waals surface area contributed by atoms with Gasteiger partial charge in [-0.2, -0.15) is 5.10 Å². The summed E-state index contributed by atoms with van der Waals surface area (Å²) in [5.41, 5.74) is 1.14. The zero-order valence-corrected chi connectivity index (χ0v) is 15.9. The number of guanidine groups is 1. The fourth-order valence-electron chi connectivity index (χ4n) is 3.18. The summed E-state index contributed by atoms with van der Waals surface area (Å²) in [5.74, 6) is 1.58. The van der Waals surface area contributed by atoms with Gasteiger partial charge in [-0.1, -0.05) is 6.07 Å². The molecule has 3 rings (SSSR count). The summed E-state index contributed by atoms with van der Waals surface area (Å²) in [5, 5.41) is 13.2. The van der Waals surface area contributed by atoms with Crippen LogP contribution in [0, 0.1) is 5.92 Å². The molecule has 0 amide bonds. The van der Waals surface area contributed by atoms with E-state index in [1.807, 2.05) is 42.4 Å². The molecular formula is C18H28N6S. The molecule has 136 valence electrons. The van der Waals surface area contributed by atoms with Gasteiger partial charge in [0.15, 0.2) is 5.96 Å². The zero-order chi connectivity index (χ0) is 17.5. The van der Waals surface area contributed by atoms with Crippen molar-refractivity contribution in [2.24, 2.45) is 18.0 Å². The maximum absolute atomic E-state index is 4.32. The number of aryl methyl sites for hydroxylation is 1. The summed E-state index contributed by atoms with van der Waals surface area (Å²) < 4.78 is 1.88. The fourth-order valence-corrected chi connectivity index (χ4v) is 3.93. The summed E-state index contributed by atoms with van der Waals surface area (Å²) in [7, 11) is 3.78. The molecule has 0 unspecified atom stereocenters. The van der Waals surface area contributed by atoms with Crippen molar-refractivity contribution in [1.29, 1.82) is 0 Å². The maximum Gasteiger partial charge on any atom is 0.191 e. The highest BCUT2D eigenvalue weighted by atomic mass is 32.1. The molecule has 0 bridgehead atoms. The van der Waals surface area contributed by atoms with Gasteiger partial charge in [-0.3, -0.25) is 14.6 Å². The Labute approximate surface area is 153 Å². The topological polar surface area (TPSA) is 57.5 Å². The lowest BCUT2D eigenvalue weighted by molar-refractivity contribution is 0.179. The van der Waals surface area contributed by atoms with Crippen molar-refractivity contribution in [2.75, 3.05) is 26.7 Å². The van der Waals surface area contributed by atoms with Crippen LogP contribution in [0.1, 0.15) is 23.4 Å². The second-order valence-corrected chi connectivity index (χ2v) is 7.58. The van der Waals surface area contributed by atoms with Crippen LogP contribution in [0.15, 0.2) is 34.8 Å². The molecule has 2 aromatic heterocycles. The third-order valence-electron chi connectivity index (χ3n) is 4.81. The number of aliphatic imine (C=N–C) groups is 1. The molecule has 2 N–H and O–H groups in total. The van der Waals surface area contributed by atoms with Crippen molar-refractivity contribution in [3.8, 4) is 0 Å². The van der Waals surface area contributed by atoms with Gasteiger partial charge in [0.25, 0.3) is 0 Å². The molecule has 0 aliphatic carbocycles. The van der Waals surface area contributed by atoms with Crippen LogP contribution in [0.25, 0.3) is 0 Å². The third-order valence-corrected chi connectivity index (χ3v) is 5.67. The third kappa shape index (κ3) is 5.31. The summed E-state index contributed by atoms with van der Waals surface area (Å²) in [4.78, 5) is 8.36. The Bertz CT molecular complexity index is 655. The molecule has 0 radical (unpaired) electrons. The van der Waals surface area contributed by atoms with Crippen molar-refractivity contribution < 1.29 is 0 Å². The van der Waals surface area contributed by atoms with Gasteiger partial charge in [-0.05, 0) is 49.4 Å². The first-order chi connectivity index (χ1) is 12.2. The highest BCUT2D eigenvalue weighted by Gasteiger charge is 2.19. The number of hydrogen-bond donors (Lipinski definition) is 2. The summed E-state index contributed by atoms with van der Waals surface area (Å²) in [6.07, 6.45) is 4.31. The molecule has 0 saturated carbocycles. The molecule has 6 nitrogen and oxygen atoms in total. The van der Waals surface area contributed by atoms with Crippen LogP contribution in [-0.4, -0.2) is 47.3 Å². The van der Waals surface area contributed by atoms with E-state index in [0.717, 1.165) is 37.2 Å². The average Bonchev–Trinajstić information content (AvgIpc) is 3.28. The van der Waals surface area contributed by atoms with E-state index in [4.69, 9.17) is 0 Å². The van der Waals surface area contributed by atoms with Gasteiger partial charge in [0, 0.05) is 38.3 Å². The van der Waals surface area contributed by atoms with Crippen LogP contribution in [0.5, 0.6) is 0 Å². The minimum atomic E-state index is 0.717. The van der Waals surface area contributed by atoms with Gasteiger partial charge in [-0.15, -0.1) is 11.3 Å². The normalized spacial score (nSPS) is 17.0. The van der Waals surface area contributed by atoms with E-state index >= 15 is 0 Å². The molecular weight excluding hydrogens is 332 g/mol. The molecule has 1 saturated heterocycles. The number of thiophene rings is 1. The molecule has 3 heterocycles. The standard InChI is InChI=1S/C18H28N6S/c1-19-18(21-13-16-5-8-22-23(16)2)20-12-15-6-9-24(10-7-15)14-17-4-3-11-25-17/h3-5,8,11,15H,6-7,9-10,12-14H2,1-2H3,(H2,19,20,21). The minimum absolute atomic E-state index is 0.717. The molecule has 0 atom stereocenters. The lowest BCUT2D eigenvalue weighted by Crippen LogP contribution is -2.42. The molecule has 1 fully saturated rings. The molecule has 25 heavy (non-hydrogen) atoms. The van der Waals surface area contributed by atoms with E-state index in [9.17, 15) is 0 Å². The first-order valence-electron chi connectivity index (χ1n) is 8.90. The van der Waals surface area contributed by atoms with Crippen molar-refractivity contribution in [3.63, 3.8) is 0 Å². The Morgan fingerprint density at radius 3 is 2.80 bits per heavy atom. The number of aromatic nitrogens is 2. The van der Waals surface area contributed by atoms with Crippen molar-refractivity contribution in [2.45, 2.75) is 25.9 Å². The van der Waals surface area contributed by atoms with Gasteiger partial charge in [0.1, 0.15) is 0 Å². The van der Waals surface area contributed by atoms with Crippen molar-refractivity contribution in [3.05, 3.63) is 40.3 Å². The smallest absolute Gasteiger partial charge is 0.191 e. The Kier molecular flexibility index (Phi) is 6.47. The summed E-state index contributed by atoms with van der Waals surface area (Å²) in [6, 6.07) is 6.39. The van der Waals surface area contributed by atoms with Crippen LogP contribution < -0.4 is 10.6 Å². The minimum Gasteiger partial charge on any atom is -0.356 e.